The standard InChI is InChI=1S/C12H17N3/c1-4-6-11-9(5-2)7-10(8-13)12(14-3)15-11/h7H,4-6H2,1-3H3,(H,14,15). The lowest BCUT2D eigenvalue weighted by atomic mass is 10.0. The molecule has 0 aliphatic heterocycles. The number of nitrogens with zero attached hydrogens (tertiary/aromatic N) is 2. The fourth-order valence-corrected chi connectivity index (χ4v) is 1.63. The third kappa shape index (κ3) is 2.47. The van der Waals surface area contributed by atoms with E-state index >= 15 is 0 Å². The minimum absolute atomic E-state index is 0.634. The van der Waals surface area contributed by atoms with Gasteiger partial charge in [-0.05, 0) is 24.5 Å². The topological polar surface area (TPSA) is 48.7 Å². The van der Waals surface area contributed by atoms with E-state index in [1.54, 1.807) is 7.05 Å². The highest BCUT2D eigenvalue weighted by atomic mass is 15.0. The molecule has 1 rings (SSSR count). The van der Waals surface area contributed by atoms with Crippen LogP contribution < -0.4 is 5.32 Å². The van der Waals surface area contributed by atoms with Crippen LogP contribution in [0.4, 0.5) is 5.82 Å². The second-order valence-electron chi connectivity index (χ2n) is 3.46. The van der Waals surface area contributed by atoms with Gasteiger partial charge in [-0.1, -0.05) is 20.3 Å². The van der Waals surface area contributed by atoms with Gasteiger partial charge in [0.25, 0.3) is 0 Å². The average molecular weight is 203 g/mol. The molecule has 0 aromatic carbocycles. The van der Waals surface area contributed by atoms with Gasteiger partial charge in [-0.3, -0.25) is 0 Å². The number of hydrogen-bond acceptors (Lipinski definition) is 3. The van der Waals surface area contributed by atoms with Crippen LogP contribution in [0.1, 0.15) is 37.1 Å². The maximum atomic E-state index is 8.96. The Morgan fingerprint density at radius 2 is 2.20 bits per heavy atom. The second-order valence-corrected chi connectivity index (χ2v) is 3.46. The van der Waals surface area contributed by atoms with Crippen LogP contribution in [0.2, 0.25) is 0 Å². The molecule has 0 saturated carbocycles. The molecule has 80 valence electrons. The summed E-state index contributed by atoms with van der Waals surface area (Å²) in [5, 5.41) is 11.9. The minimum atomic E-state index is 0.634. The van der Waals surface area contributed by atoms with Gasteiger partial charge in [0.2, 0.25) is 0 Å². The van der Waals surface area contributed by atoms with Gasteiger partial charge in [0.1, 0.15) is 11.9 Å². The maximum Gasteiger partial charge on any atom is 0.143 e. The summed E-state index contributed by atoms with van der Waals surface area (Å²) in [5.41, 5.74) is 2.94. The van der Waals surface area contributed by atoms with Crippen molar-refractivity contribution >= 4 is 5.82 Å². The molecule has 0 spiro atoms. The number of aryl methyl sites for hydroxylation is 2. The van der Waals surface area contributed by atoms with Gasteiger partial charge in [-0.15, -0.1) is 0 Å². The van der Waals surface area contributed by atoms with Crippen LogP contribution in [-0.2, 0) is 12.8 Å². The molecule has 0 aliphatic rings. The number of pyridine rings is 1. The minimum Gasteiger partial charge on any atom is -0.372 e. The first-order chi connectivity index (χ1) is 7.26. The molecule has 0 saturated heterocycles. The lowest BCUT2D eigenvalue weighted by molar-refractivity contribution is 0.857. The van der Waals surface area contributed by atoms with Crippen molar-refractivity contribution in [3.05, 3.63) is 22.9 Å². The van der Waals surface area contributed by atoms with Crippen molar-refractivity contribution in [3.8, 4) is 6.07 Å². The van der Waals surface area contributed by atoms with Crippen LogP contribution >= 0.6 is 0 Å². The zero-order valence-electron chi connectivity index (χ0n) is 9.59. The summed E-state index contributed by atoms with van der Waals surface area (Å²) in [6, 6.07) is 4.11. The van der Waals surface area contributed by atoms with E-state index in [0.29, 0.717) is 11.4 Å². The van der Waals surface area contributed by atoms with Gasteiger partial charge in [-0.2, -0.15) is 5.26 Å². The van der Waals surface area contributed by atoms with Crippen molar-refractivity contribution < 1.29 is 0 Å². The van der Waals surface area contributed by atoms with E-state index in [-0.39, 0.29) is 0 Å². The van der Waals surface area contributed by atoms with Gasteiger partial charge in [0.15, 0.2) is 0 Å². The molecule has 3 heteroatoms. The third-order valence-electron chi connectivity index (χ3n) is 2.42. The lowest BCUT2D eigenvalue weighted by Gasteiger charge is -2.10. The number of nitriles is 1. The lowest BCUT2D eigenvalue weighted by Crippen LogP contribution is -2.04. The van der Waals surface area contributed by atoms with Crippen LogP contribution in [0.15, 0.2) is 6.07 Å². The monoisotopic (exact) mass is 203 g/mol. The van der Waals surface area contributed by atoms with Crippen molar-refractivity contribution in [2.45, 2.75) is 33.1 Å². The molecular formula is C12H17N3. The summed E-state index contributed by atoms with van der Waals surface area (Å²) in [5.74, 6) is 0.693. The molecule has 1 aromatic heterocycles. The fraction of sp³-hybridized carbons (Fsp3) is 0.500. The van der Waals surface area contributed by atoms with E-state index in [1.807, 2.05) is 6.07 Å². The molecule has 0 atom stereocenters. The summed E-state index contributed by atoms with van der Waals surface area (Å²) in [6.45, 7) is 4.23. The average Bonchev–Trinajstić information content (AvgIpc) is 2.28. The van der Waals surface area contributed by atoms with Crippen molar-refractivity contribution in [1.82, 2.24) is 4.98 Å². The zero-order chi connectivity index (χ0) is 11.3. The molecule has 0 amide bonds. The summed E-state index contributed by atoms with van der Waals surface area (Å²) in [7, 11) is 1.80. The largest absolute Gasteiger partial charge is 0.372 e. The molecule has 0 unspecified atom stereocenters. The highest BCUT2D eigenvalue weighted by Gasteiger charge is 2.08. The van der Waals surface area contributed by atoms with E-state index in [0.717, 1.165) is 25.0 Å². The first kappa shape index (κ1) is 11.5. The van der Waals surface area contributed by atoms with Crippen LogP contribution in [0.3, 0.4) is 0 Å². The molecule has 1 aromatic rings. The van der Waals surface area contributed by atoms with Crippen molar-refractivity contribution in [1.29, 1.82) is 5.26 Å². The molecule has 1 N–H and O–H groups in total. The summed E-state index contributed by atoms with van der Waals surface area (Å²) < 4.78 is 0. The number of aromatic nitrogens is 1. The number of hydrogen-bond donors (Lipinski definition) is 1. The summed E-state index contributed by atoms with van der Waals surface area (Å²) >= 11 is 0. The van der Waals surface area contributed by atoms with E-state index < -0.39 is 0 Å². The first-order valence-corrected chi connectivity index (χ1v) is 5.37. The first-order valence-electron chi connectivity index (χ1n) is 5.37. The molecule has 0 aliphatic carbocycles. The summed E-state index contributed by atoms with van der Waals surface area (Å²) in [4.78, 5) is 4.49. The molecule has 0 radical (unpaired) electrons. The van der Waals surface area contributed by atoms with Gasteiger partial charge in [-0.25, -0.2) is 4.98 Å². The number of nitrogens with one attached hydrogen (secondary N) is 1. The van der Waals surface area contributed by atoms with Crippen molar-refractivity contribution in [2.24, 2.45) is 0 Å². The SMILES string of the molecule is CCCc1nc(NC)c(C#N)cc1CC. The van der Waals surface area contributed by atoms with E-state index in [4.69, 9.17) is 5.26 Å². The highest BCUT2D eigenvalue weighted by molar-refractivity contribution is 5.54. The highest BCUT2D eigenvalue weighted by Crippen LogP contribution is 2.18. The van der Waals surface area contributed by atoms with Crippen LogP contribution in [0.5, 0.6) is 0 Å². The molecule has 1 heterocycles. The second kappa shape index (κ2) is 5.35. The zero-order valence-corrected chi connectivity index (χ0v) is 9.59. The summed E-state index contributed by atoms with van der Waals surface area (Å²) in [6.07, 6.45) is 2.99. The Hall–Kier alpha value is -1.56. The van der Waals surface area contributed by atoms with E-state index in [9.17, 15) is 0 Å². The fourth-order valence-electron chi connectivity index (χ4n) is 1.63. The molecule has 3 nitrogen and oxygen atoms in total. The number of rotatable bonds is 4. The Bertz CT molecular complexity index is 377. The van der Waals surface area contributed by atoms with Crippen LogP contribution in [-0.4, -0.2) is 12.0 Å². The van der Waals surface area contributed by atoms with Crippen LogP contribution in [0, 0.1) is 11.3 Å². The van der Waals surface area contributed by atoms with Gasteiger partial charge in [0, 0.05) is 12.7 Å². The Balaban J connectivity index is 3.22. The Morgan fingerprint density at radius 3 is 2.67 bits per heavy atom. The Morgan fingerprint density at radius 1 is 1.47 bits per heavy atom. The van der Waals surface area contributed by atoms with Crippen molar-refractivity contribution in [3.63, 3.8) is 0 Å². The van der Waals surface area contributed by atoms with Gasteiger partial charge < -0.3 is 5.32 Å². The molecule has 15 heavy (non-hydrogen) atoms. The number of anilines is 1. The molecular weight excluding hydrogens is 186 g/mol. The Labute approximate surface area is 91.1 Å². The normalized spacial score (nSPS) is 9.73. The molecule has 0 bridgehead atoms. The molecule has 0 fully saturated rings. The third-order valence-corrected chi connectivity index (χ3v) is 2.42. The van der Waals surface area contributed by atoms with Gasteiger partial charge >= 0.3 is 0 Å². The van der Waals surface area contributed by atoms with Crippen molar-refractivity contribution in [2.75, 3.05) is 12.4 Å². The van der Waals surface area contributed by atoms with Crippen LogP contribution in [0.25, 0.3) is 0 Å². The predicted octanol–water partition coefficient (Wildman–Crippen LogP) is 2.51. The van der Waals surface area contributed by atoms with E-state index in [2.05, 4.69) is 30.2 Å². The Kier molecular flexibility index (Phi) is 4.11. The van der Waals surface area contributed by atoms with E-state index in [1.165, 1.54) is 5.56 Å². The quantitative estimate of drug-likeness (QED) is 0.818. The predicted molar refractivity (Wildman–Crippen MR) is 61.9 cm³/mol. The smallest absolute Gasteiger partial charge is 0.143 e. The van der Waals surface area contributed by atoms with Gasteiger partial charge in [0.05, 0.1) is 5.56 Å². The maximum absolute atomic E-state index is 8.96.